The van der Waals surface area contributed by atoms with E-state index < -0.39 is 0 Å². The Balaban J connectivity index is 1.61. The highest BCUT2D eigenvalue weighted by Gasteiger charge is 2.16. The summed E-state index contributed by atoms with van der Waals surface area (Å²) in [5.74, 6) is -0.114. The Morgan fingerprint density at radius 3 is 3.00 bits per heavy atom. The van der Waals surface area contributed by atoms with E-state index in [1.54, 1.807) is 18.2 Å². The quantitative estimate of drug-likeness (QED) is 0.856. The Hall–Kier alpha value is -2.18. The zero-order chi connectivity index (χ0) is 17.6. The molecule has 7 heteroatoms. The predicted molar refractivity (Wildman–Crippen MR) is 95.5 cm³/mol. The smallest absolute Gasteiger partial charge is 0.266 e. The minimum absolute atomic E-state index is 0.107. The van der Waals surface area contributed by atoms with E-state index >= 15 is 0 Å². The maximum absolute atomic E-state index is 12.0. The first-order valence-electron chi connectivity index (χ1n) is 8.34. The van der Waals surface area contributed by atoms with Crippen molar-refractivity contribution >= 4 is 17.5 Å². The summed E-state index contributed by atoms with van der Waals surface area (Å²) in [6, 6.07) is 10.4. The summed E-state index contributed by atoms with van der Waals surface area (Å²) in [5.41, 5.74) is 1.23. The lowest BCUT2D eigenvalue weighted by atomic mass is 10.1. The number of aryl methyl sites for hydroxylation is 1. The van der Waals surface area contributed by atoms with Crippen LogP contribution in [0.5, 0.6) is 0 Å². The molecule has 1 aromatic heterocycles. The van der Waals surface area contributed by atoms with Gasteiger partial charge in [0.1, 0.15) is 0 Å². The van der Waals surface area contributed by atoms with Crippen LogP contribution in [-0.4, -0.2) is 34.9 Å². The predicted octanol–water partition coefficient (Wildman–Crippen LogP) is 2.25. The molecule has 2 aromatic rings. The van der Waals surface area contributed by atoms with E-state index in [0.29, 0.717) is 17.3 Å². The fraction of sp³-hybridized carbons (Fsp3) is 0.389. The standard InChI is InChI=1S/C18H20ClN3O3/c19-14-4-1-3-13(11-14)16-6-7-18(24)22(21-16)9-8-17(23)20-12-15-5-2-10-25-15/h1,3-4,6-7,11,15H,2,5,8-10,12H2,(H,20,23). The number of hydrogen-bond acceptors (Lipinski definition) is 4. The summed E-state index contributed by atoms with van der Waals surface area (Å²) >= 11 is 6.00. The van der Waals surface area contributed by atoms with E-state index in [9.17, 15) is 9.59 Å². The molecule has 0 aliphatic carbocycles. The zero-order valence-corrected chi connectivity index (χ0v) is 14.5. The number of amides is 1. The average Bonchev–Trinajstić information content (AvgIpc) is 3.13. The average molecular weight is 362 g/mol. The Kier molecular flexibility index (Phi) is 5.83. The van der Waals surface area contributed by atoms with Crippen molar-refractivity contribution in [2.24, 2.45) is 0 Å². The van der Waals surface area contributed by atoms with Crippen LogP contribution in [-0.2, 0) is 16.1 Å². The Morgan fingerprint density at radius 2 is 2.24 bits per heavy atom. The van der Waals surface area contributed by atoms with Gasteiger partial charge >= 0.3 is 0 Å². The lowest BCUT2D eigenvalue weighted by Gasteiger charge is -2.11. The maximum atomic E-state index is 12.0. The highest BCUT2D eigenvalue weighted by atomic mass is 35.5. The minimum Gasteiger partial charge on any atom is -0.376 e. The number of carbonyl (C=O) groups is 1. The van der Waals surface area contributed by atoms with Crippen molar-refractivity contribution in [3.05, 3.63) is 51.8 Å². The van der Waals surface area contributed by atoms with Gasteiger partial charge in [-0.25, -0.2) is 4.68 Å². The molecule has 0 saturated carbocycles. The first-order chi connectivity index (χ1) is 12.1. The Bertz CT molecular complexity index is 800. The van der Waals surface area contributed by atoms with E-state index in [-0.39, 0.29) is 30.5 Å². The SMILES string of the molecule is O=C(CCn1nc(-c2cccc(Cl)c2)ccc1=O)NCC1CCCO1. The van der Waals surface area contributed by atoms with Gasteiger partial charge in [-0.1, -0.05) is 23.7 Å². The van der Waals surface area contributed by atoms with Gasteiger partial charge in [0, 0.05) is 36.2 Å². The summed E-state index contributed by atoms with van der Waals surface area (Å²) < 4.78 is 6.77. The van der Waals surface area contributed by atoms with Crippen LogP contribution in [0.1, 0.15) is 19.3 Å². The van der Waals surface area contributed by atoms with Crippen LogP contribution in [0.2, 0.25) is 5.02 Å². The molecule has 1 fully saturated rings. The minimum atomic E-state index is -0.238. The highest BCUT2D eigenvalue weighted by molar-refractivity contribution is 6.30. The number of aromatic nitrogens is 2. The zero-order valence-electron chi connectivity index (χ0n) is 13.8. The monoisotopic (exact) mass is 361 g/mol. The lowest BCUT2D eigenvalue weighted by molar-refractivity contribution is -0.121. The maximum Gasteiger partial charge on any atom is 0.266 e. The van der Waals surface area contributed by atoms with E-state index in [0.717, 1.165) is 25.0 Å². The number of ether oxygens (including phenoxy) is 1. The molecule has 0 spiro atoms. The third kappa shape index (κ3) is 4.90. The van der Waals surface area contributed by atoms with E-state index in [2.05, 4.69) is 10.4 Å². The Morgan fingerprint density at radius 1 is 1.36 bits per heavy atom. The summed E-state index contributed by atoms with van der Waals surface area (Å²) in [6.45, 7) is 1.50. The molecule has 1 aliphatic rings. The molecule has 1 amide bonds. The van der Waals surface area contributed by atoms with Crippen molar-refractivity contribution in [2.45, 2.75) is 31.9 Å². The van der Waals surface area contributed by atoms with Crippen molar-refractivity contribution in [1.82, 2.24) is 15.1 Å². The Labute approximate surface area is 150 Å². The second-order valence-electron chi connectivity index (χ2n) is 5.98. The molecule has 1 aliphatic heterocycles. The van der Waals surface area contributed by atoms with Crippen LogP contribution in [0.4, 0.5) is 0 Å². The molecule has 0 radical (unpaired) electrons. The van der Waals surface area contributed by atoms with Gasteiger partial charge in [0.15, 0.2) is 0 Å². The van der Waals surface area contributed by atoms with Crippen molar-refractivity contribution < 1.29 is 9.53 Å². The molecule has 2 heterocycles. The molecule has 6 nitrogen and oxygen atoms in total. The second kappa shape index (κ2) is 8.27. The summed E-state index contributed by atoms with van der Waals surface area (Å²) in [6.07, 6.45) is 2.31. The number of halogens is 1. The molecule has 132 valence electrons. The molecule has 0 bridgehead atoms. The van der Waals surface area contributed by atoms with E-state index in [4.69, 9.17) is 16.3 Å². The molecular formula is C18H20ClN3O3. The van der Waals surface area contributed by atoms with Gasteiger partial charge in [-0.05, 0) is 31.0 Å². The largest absolute Gasteiger partial charge is 0.376 e. The van der Waals surface area contributed by atoms with Gasteiger partial charge in [-0.15, -0.1) is 0 Å². The lowest BCUT2D eigenvalue weighted by Crippen LogP contribution is -2.33. The number of nitrogens with zero attached hydrogens (tertiary/aromatic N) is 2. The van der Waals surface area contributed by atoms with Crippen LogP contribution in [0.3, 0.4) is 0 Å². The van der Waals surface area contributed by atoms with Crippen molar-refractivity contribution in [3.63, 3.8) is 0 Å². The molecule has 1 N–H and O–H groups in total. The first kappa shape index (κ1) is 17.6. The number of hydrogen-bond donors (Lipinski definition) is 1. The molecule has 25 heavy (non-hydrogen) atoms. The highest BCUT2D eigenvalue weighted by Crippen LogP contribution is 2.19. The molecule has 1 atom stereocenters. The molecule has 1 aromatic carbocycles. The number of benzene rings is 1. The third-order valence-corrected chi connectivity index (χ3v) is 4.32. The number of nitrogens with one attached hydrogen (secondary N) is 1. The number of rotatable bonds is 6. The van der Waals surface area contributed by atoms with Crippen LogP contribution in [0.25, 0.3) is 11.3 Å². The van der Waals surface area contributed by atoms with E-state index in [1.807, 2.05) is 12.1 Å². The molecular weight excluding hydrogens is 342 g/mol. The summed E-state index contributed by atoms with van der Waals surface area (Å²) in [5, 5.41) is 7.78. The molecule has 3 rings (SSSR count). The van der Waals surface area contributed by atoms with Gasteiger partial charge in [0.2, 0.25) is 5.91 Å². The van der Waals surface area contributed by atoms with Gasteiger partial charge in [0.05, 0.1) is 18.3 Å². The van der Waals surface area contributed by atoms with Crippen LogP contribution < -0.4 is 10.9 Å². The fourth-order valence-electron chi connectivity index (χ4n) is 2.74. The fourth-order valence-corrected chi connectivity index (χ4v) is 2.93. The van der Waals surface area contributed by atoms with Crippen molar-refractivity contribution in [1.29, 1.82) is 0 Å². The van der Waals surface area contributed by atoms with E-state index in [1.165, 1.54) is 10.7 Å². The summed E-state index contributed by atoms with van der Waals surface area (Å²) in [7, 11) is 0. The van der Waals surface area contributed by atoms with Gasteiger partial charge in [0.25, 0.3) is 5.56 Å². The van der Waals surface area contributed by atoms with Crippen LogP contribution >= 0.6 is 11.6 Å². The summed E-state index contributed by atoms with van der Waals surface area (Å²) in [4.78, 5) is 23.9. The van der Waals surface area contributed by atoms with Crippen LogP contribution in [0, 0.1) is 0 Å². The van der Waals surface area contributed by atoms with Crippen LogP contribution in [0.15, 0.2) is 41.2 Å². The normalized spacial score (nSPS) is 16.8. The third-order valence-electron chi connectivity index (χ3n) is 4.09. The van der Waals surface area contributed by atoms with Gasteiger partial charge in [-0.2, -0.15) is 5.10 Å². The molecule has 1 unspecified atom stereocenters. The number of carbonyl (C=O) groups excluding carboxylic acids is 1. The first-order valence-corrected chi connectivity index (χ1v) is 8.72. The van der Waals surface area contributed by atoms with Crippen molar-refractivity contribution in [2.75, 3.05) is 13.2 Å². The van der Waals surface area contributed by atoms with Gasteiger partial charge in [-0.3, -0.25) is 9.59 Å². The molecule has 1 saturated heterocycles. The van der Waals surface area contributed by atoms with Gasteiger partial charge < -0.3 is 10.1 Å². The van der Waals surface area contributed by atoms with Crippen molar-refractivity contribution in [3.8, 4) is 11.3 Å². The topological polar surface area (TPSA) is 73.2 Å². The second-order valence-corrected chi connectivity index (χ2v) is 6.42.